The number of nitrogens with one attached hydrogen (secondary N) is 1. The first-order chi connectivity index (χ1) is 9.46. The third-order valence-electron chi connectivity index (χ3n) is 3.49. The predicted octanol–water partition coefficient (Wildman–Crippen LogP) is 3.54. The van der Waals surface area contributed by atoms with Gasteiger partial charge in [0.2, 0.25) is 0 Å². The zero-order valence-electron chi connectivity index (χ0n) is 14.4. The van der Waals surface area contributed by atoms with Crippen molar-refractivity contribution in [1.82, 2.24) is 5.32 Å². The lowest BCUT2D eigenvalue weighted by atomic mass is 9.83. The van der Waals surface area contributed by atoms with Crippen molar-refractivity contribution in [3.05, 3.63) is 0 Å². The predicted molar refractivity (Wildman–Crippen MR) is 90.7 cm³/mol. The maximum atomic E-state index is 11.9. The van der Waals surface area contributed by atoms with Gasteiger partial charge in [-0.25, -0.2) is 4.79 Å². The van der Waals surface area contributed by atoms with E-state index in [1.54, 1.807) is 0 Å². The molecule has 21 heavy (non-hydrogen) atoms. The van der Waals surface area contributed by atoms with Gasteiger partial charge in [-0.05, 0) is 51.7 Å². The van der Waals surface area contributed by atoms with Crippen LogP contribution >= 0.6 is 11.8 Å². The Morgan fingerprint density at radius 1 is 1.24 bits per heavy atom. The summed E-state index contributed by atoms with van der Waals surface area (Å²) in [7, 11) is 0. The molecule has 0 aromatic heterocycles. The molecule has 1 saturated carbocycles. The molecule has 0 spiro atoms. The minimum absolute atomic E-state index is 0.185. The highest BCUT2D eigenvalue weighted by Crippen LogP contribution is 2.32. The lowest BCUT2D eigenvalue weighted by Gasteiger charge is -2.35. The molecule has 1 amide bonds. The molecule has 1 aliphatic rings. The summed E-state index contributed by atoms with van der Waals surface area (Å²) in [6.45, 7) is 12.3. The first-order valence-corrected chi connectivity index (χ1v) is 8.84. The summed E-state index contributed by atoms with van der Waals surface area (Å²) in [6, 6.07) is 0.432. The Hall–Kier alpha value is -0.420. The van der Waals surface area contributed by atoms with Gasteiger partial charge in [-0.1, -0.05) is 20.8 Å². The molecule has 1 fully saturated rings. The van der Waals surface area contributed by atoms with E-state index in [0.717, 1.165) is 25.0 Å². The summed E-state index contributed by atoms with van der Waals surface area (Å²) in [5, 5.41) is 3.00. The van der Waals surface area contributed by atoms with Crippen LogP contribution in [-0.2, 0) is 4.74 Å². The number of hydrogen-bond donors (Lipinski definition) is 2. The molecule has 0 radical (unpaired) electrons. The molecule has 0 heterocycles. The second-order valence-electron chi connectivity index (χ2n) is 8.00. The topological polar surface area (TPSA) is 64.3 Å². The summed E-state index contributed by atoms with van der Waals surface area (Å²) >= 11 is 1.95. The summed E-state index contributed by atoms with van der Waals surface area (Å²) in [4.78, 5) is 11.9. The van der Waals surface area contributed by atoms with E-state index in [1.807, 2.05) is 32.5 Å². The highest BCUT2D eigenvalue weighted by Gasteiger charge is 2.31. The Kier molecular flexibility index (Phi) is 6.41. The Morgan fingerprint density at radius 2 is 1.86 bits per heavy atom. The Morgan fingerprint density at radius 3 is 2.38 bits per heavy atom. The van der Waals surface area contributed by atoms with Gasteiger partial charge < -0.3 is 15.8 Å². The quantitative estimate of drug-likeness (QED) is 0.836. The van der Waals surface area contributed by atoms with Crippen LogP contribution in [0.25, 0.3) is 0 Å². The van der Waals surface area contributed by atoms with Gasteiger partial charge >= 0.3 is 6.09 Å². The van der Waals surface area contributed by atoms with Crippen molar-refractivity contribution in [1.29, 1.82) is 0 Å². The van der Waals surface area contributed by atoms with E-state index >= 15 is 0 Å². The van der Waals surface area contributed by atoms with Crippen LogP contribution in [0.2, 0.25) is 0 Å². The molecule has 0 unspecified atom stereocenters. The molecule has 1 aliphatic carbocycles. The largest absolute Gasteiger partial charge is 0.444 e. The molecule has 0 aliphatic heterocycles. The number of ether oxygens (including phenoxy) is 1. The fourth-order valence-electron chi connectivity index (χ4n) is 2.44. The molecule has 3 atom stereocenters. The van der Waals surface area contributed by atoms with Crippen LogP contribution in [0, 0.1) is 5.92 Å². The van der Waals surface area contributed by atoms with Gasteiger partial charge in [0.25, 0.3) is 0 Å². The lowest BCUT2D eigenvalue weighted by molar-refractivity contribution is 0.0483. The van der Waals surface area contributed by atoms with Crippen LogP contribution in [0.5, 0.6) is 0 Å². The SMILES string of the molecule is CC(C)(C)OC(=O)N[C@@H]1CC[C@H](N)[C@H](CSC(C)(C)C)C1. The van der Waals surface area contributed by atoms with E-state index in [4.69, 9.17) is 10.5 Å². The van der Waals surface area contributed by atoms with Crippen LogP contribution < -0.4 is 11.1 Å². The zero-order valence-corrected chi connectivity index (χ0v) is 15.2. The fourth-order valence-corrected chi connectivity index (χ4v) is 3.54. The molecule has 0 aromatic rings. The Balaban J connectivity index is 2.46. The third-order valence-corrected chi connectivity index (χ3v) is 4.95. The molecule has 4 nitrogen and oxygen atoms in total. The monoisotopic (exact) mass is 316 g/mol. The number of hydrogen-bond acceptors (Lipinski definition) is 4. The van der Waals surface area contributed by atoms with Crippen LogP contribution in [0.15, 0.2) is 0 Å². The first-order valence-electron chi connectivity index (χ1n) is 7.85. The molecule has 0 saturated heterocycles. The minimum atomic E-state index is -0.448. The number of alkyl carbamates (subject to hydrolysis) is 1. The first kappa shape index (κ1) is 18.6. The third kappa shape index (κ3) is 7.96. The highest BCUT2D eigenvalue weighted by atomic mass is 32.2. The smallest absolute Gasteiger partial charge is 0.407 e. The van der Waals surface area contributed by atoms with Crippen LogP contribution in [0.1, 0.15) is 60.8 Å². The van der Waals surface area contributed by atoms with Gasteiger partial charge in [0.1, 0.15) is 5.60 Å². The van der Waals surface area contributed by atoms with Crippen molar-refractivity contribution in [2.24, 2.45) is 11.7 Å². The maximum absolute atomic E-state index is 11.9. The van der Waals surface area contributed by atoms with Crippen molar-refractivity contribution in [3.8, 4) is 0 Å². The molecular formula is C16H32N2O2S. The average molecular weight is 317 g/mol. The Bertz CT molecular complexity index is 347. The van der Waals surface area contributed by atoms with Crippen LogP contribution in [-0.4, -0.2) is 34.3 Å². The van der Waals surface area contributed by atoms with E-state index in [-0.39, 0.29) is 22.9 Å². The van der Waals surface area contributed by atoms with Gasteiger partial charge in [0.15, 0.2) is 0 Å². The normalized spacial score (nSPS) is 27.3. The van der Waals surface area contributed by atoms with Crippen molar-refractivity contribution < 1.29 is 9.53 Å². The van der Waals surface area contributed by atoms with E-state index in [0.29, 0.717) is 5.92 Å². The summed E-state index contributed by atoms with van der Waals surface area (Å²) in [6.07, 6.45) is 2.54. The summed E-state index contributed by atoms with van der Waals surface area (Å²) < 4.78 is 5.59. The molecule has 124 valence electrons. The number of thioether (sulfide) groups is 1. The molecule has 5 heteroatoms. The van der Waals surface area contributed by atoms with E-state index in [1.165, 1.54) is 0 Å². The van der Waals surface area contributed by atoms with Gasteiger partial charge in [0.05, 0.1) is 0 Å². The number of rotatable bonds is 3. The fraction of sp³-hybridized carbons (Fsp3) is 0.938. The van der Waals surface area contributed by atoms with E-state index < -0.39 is 5.60 Å². The number of amides is 1. The van der Waals surface area contributed by atoms with Crippen molar-refractivity contribution in [2.45, 2.75) is 83.2 Å². The summed E-state index contributed by atoms with van der Waals surface area (Å²) in [5.74, 6) is 1.51. The van der Waals surface area contributed by atoms with Gasteiger partial charge in [-0.3, -0.25) is 0 Å². The zero-order chi connectivity index (χ0) is 16.3. The van der Waals surface area contributed by atoms with Crippen molar-refractivity contribution in [2.75, 3.05) is 5.75 Å². The Labute approximate surface area is 133 Å². The number of carbonyl (C=O) groups is 1. The molecule has 0 aromatic carbocycles. The van der Waals surface area contributed by atoms with Gasteiger partial charge in [-0.2, -0.15) is 11.8 Å². The highest BCUT2D eigenvalue weighted by molar-refractivity contribution is 8.00. The van der Waals surface area contributed by atoms with Crippen LogP contribution in [0.3, 0.4) is 0 Å². The summed E-state index contributed by atoms with van der Waals surface area (Å²) in [5.41, 5.74) is 5.80. The average Bonchev–Trinajstić information content (AvgIpc) is 2.26. The second-order valence-corrected chi connectivity index (χ2v) is 9.85. The second kappa shape index (κ2) is 7.23. The minimum Gasteiger partial charge on any atom is -0.444 e. The van der Waals surface area contributed by atoms with E-state index in [2.05, 4.69) is 26.1 Å². The molecule has 0 bridgehead atoms. The van der Waals surface area contributed by atoms with Crippen molar-refractivity contribution >= 4 is 17.9 Å². The van der Waals surface area contributed by atoms with Gasteiger partial charge in [-0.15, -0.1) is 0 Å². The standard InChI is InChI=1S/C16H32N2O2S/c1-15(2,3)20-14(19)18-12-7-8-13(17)11(9-12)10-21-16(4,5)6/h11-13H,7-10,17H2,1-6H3,(H,18,19)/t11-,12+,13-/m0/s1. The number of nitrogens with two attached hydrogens (primary N) is 1. The number of carbonyl (C=O) groups excluding carboxylic acids is 1. The van der Waals surface area contributed by atoms with E-state index in [9.17, 15) is 4.79 Å². The van der Waals surface area contributed by atoms with Crippen molar-refractivity contribution in [3.63, 3.8) is 0 Å². The molecule has 3 N–H and O–H groups in total. The molecule has 1 rings (SSSR count). The van der Waals surface area contributed by atoms with Crippen LogP contribution in [0.4, 0.5) is 4.79 Å². The van der Waals surface area contributed by atoms with Gasteiger partial charge in [0, 0.05) is 16.8 Å². The lowest BCUT2D eigenvalue weighted by Crippen LogP contribution is -2.47. The molecular weight excluding hydrogens is 284 g/mol. The maximum Gasteiger partial charge on any atom is 0.407 e.